The van der Waals surface area contributed by atoms with Crippen LogP contribution in [0.3, 0.4) is 0 Å². The van der Waals surface area contributed by atoms with E-state index in [0.29, 0.717) is 23.9 Å². The number of ether oxygens (including phenoxy) is 2. The molecule has 0 bridgehead atoms. The van der Waals surface area contributed by atoms with Crippen molar-refractivity contribution in [1.82, 2.24) is 0 Å². The lowest BCUT2D eigenvalue weighted by Crippen LogP contribution is -2.37. The van der Waals surface area contributed by atoms with Crippen molar-refractivity contribution in [3.05, 3.63) is 0 Å². The number of esters is 2. The smallest absolute Gasteiger partial charge is 0.462 e. The number of carbonyl (C=O) groups is 2. The zero-order chi connectivity index (χ0) is 30.8. The lowest BCUT2D eigenvalue weighted by atomic mass is 10.1. The molecular formula is C31H63NO8P+. The minimum atomic E-state index is -4.35. The molecule has 0 aliphatic heterocycles. The first kappa shape index (κ1) is 40.0. The van der Waals surface area contributed by atoms with Crippen molar-refractivity contribution >= 4 is 19.8 Å². The number of quaternary nitrogens is 1. The van der Waals surface area contributed by atoms with Crippen molar-refractivity contribution in [2.24, 2.45) is 0 Å². The molecule has 244 valence electrons. The van der Waals surface area contributed by atoms with Gasteiger partial charge in [0.25, 0.3) is 0 Å². The summed E-state index contributed by atoms with van der Waals surface area (Å²) >= 11 is 0. The molecule has 0 aromatic rings. The van der Waals surface area contributed by atoms with E-state index in [0.717, 1.165) is 32.1 Å². The maximum atomic E-state index is 12.5. The van der Waals surface area contributed by atoms with Gasteiger partial charge < -0.3 is 18.9 Å². The number of nitrogens with zero attached hydrogens (tertiary/aromatic N) is 1. The van der Waals surface area contributed by atoms with Crippen molar-refractivity contribution < 1.29 is 42.1 Å². The van der Waals surface area contributed by atoms with E-state index in [-0.39, 0.29) is 25.6 Å². The average Bonchev–Trinajstić information content (AvgIpc) is 2.90. The summed E-state index contributed by atoms with van der Waals surface area (Å²) in [4.78, 5) is 34.8. The first-order valence-electron chi connectivity index (χ1n) is 16.3. The molecule has 0 fully saturated rings. The first-order chi connectivity index (χ1) is 19.5. The van der Waals surface area contributed by atoms with Crippen LogP contribution in [-0.2, 0) is 32.7 Å². The molecule has 0 heterocycles. The Morgan fingerprint density at radius 3 is 1.56 bits per heavy atom. The van der Waals surface area contributed by atoms with Crippen molar-refractivity contribution in [2.45, 2.75) is 142 Å². The Morgan fingerprint density at radius 1 is 0.659 bits per heavy atom. The molecule has 0 rings (SSSR count). The summed E-state index contributed by atoms with van der Waals surface area (Å²) in [6, 6.07) is 0. The maximum absolute atomic E-state index is 12.5. The molecule has 0 aromatic heterocycles. The van der Waals surface area contributed by atoms with Crippen molar-refractivity contribution in [3.8, 4) is 0 Å². The highest BCUT2D eigenvalue weighted by Crippen LogP contribution is 2.43. The molecule has 41 heavy (non-hydrogen) atoms. The average molecular weight is 609 g/mol. The monoisotopic (exact) mass is 608 g/mol. The summed E-state index contributed by atoms with van der Waals surface area (Å²) in [7, 11) is 1.48. The van der Waals surface area contributed by atoms with Gasteiger partial charge in [0, 0.05) is 12.8 Å². The fraction of sp³-hybridized carbons (Fsp3) is 0.935. The normalized spacial score (nSPS) is 14.0. The number of likely N-dealkylation sites (N-methyl/N-ethyl adjacent to an activating group) is 1. The van der Waals surface area contributed by atoms with E-state index in [4.69, 9.17) is 18.5 Å². The van der Waals surface area contributed by atoms with Crippen LogP contribution in [0.2, 0.25) is 0 Å². The lowest BCUT2D eigenvalue weighted by Gasteiger charge is -2.24. The van der Waals surface area contributed by atoms with Crippen LogP contribution in [0.1, 0.15) is 136 Å². The van der Waals surface area contributed by atoms with Gasteiger partial charge in [0.15, 0.2) is 6.10 Å². The predicted octanol–water partition coefficient (Wildman–Crippen LogP) is 7.73. The summed E-state index contributed by atoms with van der Waals surface area (Å²) in [6.45, 7) is 4.34. The molecule has 1 N–H and O–H groups in total. The SMILES string of the molecule is CCCCCCCCCCCC(=O)O[C@H](COC(=O)CCCCCCCCCC)COP(=O)(O)OCC[N+](C)(C)C. The molecule has 0 saturated heterocycles. The zero-order valence-corrected chi connectivity index (χ0v) is 27.9. The van der Waals surface area contributed by atoms with Gasteiger partial charge >= 0.3 is 19.8 Å². The van der Waals surface area contributed by atoms with Crippen LogP contribution in [-0.4, -0.2) is 74.9 Å². The Bertz CT molecular complexity index is 698. The highest BCUT2D eigenvalue weighted by Gasteiger charge is 2.27. The second-order valence-electron chi connectivity index (χ2n) is 12.2. The highest BCUT2D eigenvalue weighted by molar-refractivity contribution is 7.47. The molecule has 10 heteroatoms. The van der Waals surface area contributed by atoms with E-state index in [2.05, 4.69) is 13.8 Å². The fourth-order valence-electron chi connectivity index (χ4n) is 4.25. The van der Waals surface area contributed by atoms with Gasteiger partial charge in [-0.05, 0) is 12.8 Å². The third kappa shape index (κ3) is 28.9. The third-order valence-corrected chi connectivity index (χ3v) is 7.87. The zero-order valence-electron chi connectivity index (χ0n) is 27.0. The largest absolute Gasteiger partial charge is 0.472 e. The molecule has 0 radical (unpaired) electrons. The quantitative estimate of drug-likeness (QED) is 0.0398. The Morgan fingerprint density at radius 2 is 1.10 bits per heavy atom. The van der Waals surface area contributed by atoms with Gasteiger partial charge in [-0.15, -0.1) is 0 Å². The minimum Gasteiger partial charge on any atom is -0.462 e. The molecular weight excluding hydrogens is 545 g/mol. The number of hydrogen-bond donors (Lipinski definition) is 1. The summed E-state index contributed by atoms with van der Waals surface area (Å²) < 4.78 is 33.9. The number of phosphoric acid groups is 1. The van der Waals surface area contributed by atoms with Crippen LogP contribution in [0.15, 0.2) is 0 Å². The van der Waals surface area contributed by atoms with E-state index in [1.54, 1.807) is 0 Å². The number of rotatable bonds is 29. The standard InChI is InChI=1S/C31H62NO8P/c1-6-8-10-12-14-16-18-20-22-24-31(34)40-29(28-39-41(35,36)38-26-25-32(3,4)5)27-37-30(33)23-21-19-17-15-13-11-9-7-2/h29H,6-28H2,1-5H3/p+1/t29-/m1/s1. The van der Waals surface area contributed by atoms with Crippen LogP contribution in [0.25, 0.3) is 0 Å². The Hall–Kier alpha value is -0.990. The Balaban J connectivity index is 4.53. The van der Waals surface area contributed by atoms with Crippen LogP contribution in [0.5, 0.6) is 0 Å². The number of unbranched alkanes of at least 4 members (excludes halogenated alkanes) is 15. The molecule has 0 aliphatic carbocycles. The fourth-order valence-corrected chi connectivity index (χ4v) is 4.99. The van der Waals surface area contributed by atoms with Gasteiger partial charge in [-0.25, -0.2) is 4.57 Å². The summed E-state index contributed by atoms with van der Waals surface area (Å²) in [5.74, 6) is -0.804. The van der Waals surface area contributed by atoms with Crippen molar-refractivity contribution in [1.29, 1.82) is 0 Å². The van der Waals surface area contributed by atoms with Gasteiger partial charge in [-0.2, -0.15) is 0 Å². The predicted molar refractivity (Wildman–Crippen MR) is 165 cm³/mol. The van der Waals surface area contributed by atoms with E-state index in [9.17, 15) is 19.0 Å². The number of hydrogen-bond acceptors (Lipinski definition) is 7. The van der Waals surface area contributed by atoms with Gasteiger partial charge in [0.2, 0.25) is 0 Å². The summed E-state index contributed by atoms with van der Waals surface area (Å²) in [6.07, 6.45) is 18.8. The summed E-state index contributed by atoms with van der Waals surface area (Å²) in [5.41, 5.74) is 0. The van der Waals surface area contributed by atoms with Gasteiger partial charge in [0.1, 0.15) is 19.8 Å². The van der Waals surface area contributed by atoms with Crippen LogP contribution in [0.4, 0.5) is 0 Å². The molecule has 0 amide bonds. The minimum absolute atomic E-state index is 0.0356. The maximum Gasteiger partial charge on any atom is 0.472 e. The number of phosphoric ester groups is 1. The van der Waals surface area contributed by atoms with Gasteiger partial charge in [0.05, 0.1) is 27.7 Å². The molecule has 0 spiro atoms. The second-order valence-corrected chi connectivity index (χ2v) is 13.7. The second kappa shape index (κ2) is 25.5. The summed E-state index contributed by atoms with van der Waals surface area (Å²) in [5, 5.41) is 0. The van der Waals surface area contributed by atoms with Gasteiger partial charge in [-0.1, -0.05) is 110 Å². The lowest BCUT2D eigenvalue weighted by molar-refractivity contribution is -0.870. The molecule has 0 aliphatic rings. The highest BCUT2D eigenvalue weighted by atomic mass is 31.2. The molecule has 9 nitrogen and oxygen atoms in total. The van der Waals surface area contributed by atoms with Gasteiger partial charge in [-0.3, -0.25) is 18.6 Å². The molecule has 1 unspecified atom stereocenters. The van der Waals surface area contributed by atoms with E-state index < -0.39 is 26.5 Å². The number of carbonyl (C=O) groups excluding carboxylic acids is 2. The topological polar surface area (TPSA) is 108 Å². The van der Waals surface area contributed by atoms with Crippen molar-refractivity contribution in [2.75, 3.05) is 47.5 Å². The molecule has 0 aromatic carbocycles. The first-order valence-corrected chi connectivity index (χ1v) is 17.8. The Labute approximate surface area is 251 Å². The van der Waals surface area contributed by atoms with Crippen LogP contribution < -0.4 is 0 Å². The van der Waals surface area contributed by atoms with E-state index in [1.165, 1.54) is 70.6 Å². The molecule has 0 saturated carbocycles. The van der Waals surface area contributed by atoms with E-state index >= 15 is 0 Å². The van der Waals surface area contributed by atoms with E-state index in [1.807, 2.05) is 21.1 Å². The Kier molecular flexibility index (Phi) is 24.9. The third-order valence-electron chi connectivity index (χ3n) is 6.89. The van der Waals surface area contributed by atoms with Crippen LogP contribution in [0, 0.1) is 0 Å². The van der Waals surface area contributed by atoms with Crippen molar-refractivity contribution in [3.63, 3.8) is 0 Å². The van der Waals surface area contributed by atoms with Crippen LogP contribution >= 0.6 is 7.82 Å². The molecule has 2 atom stereocenters.